The third-order valence-corrected chi connectivity index (χ3v) is 5.83. The summed E-state index contributed by atoms with van der Waals surface area (Å²) < 4.78 is 0. The van der Waals surface area contributed by atoms with Crippen molar-refractivity contribution in [2.24, 2.45) is 11.8 Å². The molecule has 1 aliphatic heterocycles. The van der Waals surface area contributed by atoms with E-state index in [9.17, 15) is 4.79 Å². The minimum absolute atomic E-state index is 0.0890. The lowest BCUT2D eigenvalue weighted by molar-refractivity contribution is -0.117. The van der Waals surface area contributed by atoms with Gasteiger partial charge in [0, 0.05) is 28.4 Å². The van der Waals surface area contributed by atoms with E-state index in [0.29, 0.717) is 18.3 Å². The molecule has 2 atom stereocenters. The number of benzene rings is 1. The van der Waals surface area contributed by atoms with E-state index in [-0.39, 0.29) is 5.91 Å². The van der Waals surface area contributed by atoms with Crippen LogP contribution in [0.15, 0.2) is 40.4 Å². The van der Waals surface area contributed by atoms with Crippen molar-refractivity contribution >= 4 is 23.4 Å². The Balaban J connectivity index is 1.53. The molecular weight excluding hydrogens is 356 g/mol. The standard InChI is InChI=1S/C21H28N4OS/c1-14(17-5-4-10-22-13-17)11-20(26)25-18-6-8-19(9-7-18)27-21-23-15(2)12-16(3)24-21/h6-9,12,14,17,22H,4-5,10-11,13H2,1-3H3,(H,25,26). The smallest absolute Gasteiger partial charge is 0.224 e. The van der Waals surface area contributed by atoms with Gasteiger partial charge in [-0.15, -0.1) is 0 Å². The van der Waals surface area contributed by atoms with Gasteiger partial charge in [-0.2, -0.15) is 0 Å². The van der Waals surface area contributed by atoms with Crippen LogP contribution in [0.3, 0.4) is 0 Å². The molecule has 2 N–H and O–H groups in total. The number of aryl methyl sites for hydroxylation is 2. The van der Waals surface area contributed by atoms with Gasteiger partial charge in [-0.25, -0.2) is 9.97 Å². The quantitative estimate of drug-likeness (QED) is 0.730. The Hall–Kier alpha value is -1.92. The molecule has 144 valence electrons. The molecule has 6 heteroatoms. The van der Waals surface area contributed by atoms with Crippen LogP contribution >= 0.6 is 11.8 Å². The molecule has 0 radical (unpaired) electrons. The summed E-state index contributed by atoms with van der Waals surface area (Å²) >= 11 is 1.53. The van der Waals surface area contributed by atoms with E-state index in [1.165, 1.54) is 24.6 Å². The van der Waals surface area contributed by atoms with E-state index in [0.717, 1.165) is 40.2 Å². The third-order valence-electron chi connectivity index (χ3n) is 4.96. The van der Waals surface area contributed by atoms with E-state index >= 15 is 0 Å². The lowest BCUT2D eigenvalue weighted by Gasteiger charge is -2.28. The summed E-state index contributed by atoms with van der Waals surface area (Å²) in [7, 11) is 0. The van der Waals surface area contributed by atoms with Gasteiger partial charge in [-0.1, -0.05) is 6.92 Å². The minimum atomic E-state index is 0.0890. The van der Waals surface area contributed by atoms with Crippen molar-refractivity contribution in [3.05, 3.63) is 41.7 Å². The first-order valence-electron chi connectivity index (χ1n) is 9.60. The van der Waals surface area contributed by atoms with E-state index in [1.807, 2.05) is 44.2 Å². The number of nitrogens with zero attached hydrogens (tertiary/aromatic N) is 2. The fraction of sp³-hybridized carbons (Fsp3) is 0.476. The number of hydrogen-bond acceptors (Lipinski definition) is 5. The maximum atomic E-state index is 12.4. The Morgan fingerprint density at radius 1 is 1.26 bits per heavy atom. The number of amides is 1. The highest BCUT2D eigenvalue weighted by Crippen LogP contribution is 2.27. The van der Waals surface area contributed by atoms with Gasteiger partial charge in [0.2, 0.25) is 5.91 Å². The van der Waals surface area contributed by atoms with Gasteiger partial charge in [-0.3, -0.25) is 4.79 Å². The summed E-state index contributed by atoms with van der Waals surface area (Å²) in [5.41, 5.74) is 2.77. The monoisotopic (exact) mass is 384 g/mol. The van der Waals surface area contributed by atoms with Crippen LogP contribution in [-0.2, 0) is 4.79 Å². The number of carbonyl (C=O) groups excluding carboxylic acids is 1. The molecule has 2 heterocycles. The van der Waals surface area contributed by atoms with Crippen LogP contribution < -0.4 is 10.6 Å². The van der Waals surface area contributed by atoms with Crippen molar-refractivity contribution in [2.45, 2.75) is 50.1 Å². The van der Waals surface area contributed by atoms with Crippen molar-refractivity contribution in [3.63, 3.8) is 0 Å². The maximum Gasteiger partial charge on any atom is 0.224 e. The van der Waals surface area contributed by atoms with E-state index < -0.39 is 0 Å². The van der Waals surface area contributed by atoms with Crippen LogP contribution in [0.2, 0.25) is 0 Å². The molecule has 0 spiro atoms. The molecule has 1 amide bonds. The molecule has 2 aromatic rings. The largest absolute Gasteiger partial charge is 0.326 e. The number of carbonyl (C=O) groups is 1. The van der Waals surface area contributed by atoms with Crippen LogP contribution in [0.5, 0.6) is 0 Å². The topological polar surface area (TPSA) is 66.9 Å². The van der Waals surface area contributed by atoms with Gasteiger partial charge >= 0.3 is 0 Å². The van der Waals surface area contributed by atoms with Crippen molar-refractivity contribution in [1.82, 2.24) is 15.3 Å². The fourth-order valence-electron chi connectivity index (χ4n) is 3.49. The predicted molar refractivity (Wildman–Crippen MR) is 110 cm³/mol. The Morgan fingerprint density at radius 3 is 2.59 bits per heavy atom. The zero-order valence-electron chi connectivity index (χ0n) is 16.3. The molecule has 1 aromatic carbocycles. The van der Waals surface area contributed by atoms with E-state index in [1.54, 1.807) is 0 Å². The fourth-order valence-corrected chi connectivity index (χ4v) is 4.35. The SMILES string of the molecule is Cc1cc(C)nc(Sc2ccc(NC(=O)CC(C)C3CCCNC3)cc2)n1. The number of aromatic nitrogens is 2. The number of nitrogens with one attached hydrogen (secondary N) is 2. The Bertz CT molecular complexity index is 752. The van der Waals surface area contributed by atoms with Gasteiger partial charge < -0.3 is 10.6 Å². The molecule has 1 saturated heterocycles. The van der Waals surface area contributed by atoms with Gasteiger partial charge in [-0.05, 0) is 93.7 Å². The van der Waals surface area contributed by atoms with Crippen molar-refractivity contribution in [1.29, 1.82) is 0 Å². The average Bonchev–Trinajstić information content (AvgIpc) is 2.63. The average molecular weight is 385 g/mol. The molecule has 0 saturated carbocycles. The lowest BCUT2D eigenvalue weighted by Crippen LogP contribution is -2.34. The summed E-state index contributed by atoms with van der Waals surface area (Å²) in [5, 5.41) is 7.20. The highest BCUT2D eigenvalue weighted by Gasteiger charge is 2.22. The normalized spacial score (nSPS) is 18.1. The first-order valence-corrected chi connectivity index (χ1v) is 10.4. The molecule has 1 fully saturated rings. The molecule has 27 heavy (non-hydrogen) atoms. The zero-order chi connectivity index (χ0) is 19.2. The van der Waals surface area contributed by atoms with E-state index in [4.69, 9.17) is 0 Å². The molecule has 5 nitrogen and oxygen atoms in total. The maximum absolute atomic E-state index is 12.4. The van der Waals surface area contributed by atoms with E-state index in [2.05, 4.69) is 27.5 Å². The second-order valence-electron chi connectivity index (χ2n) is 7.40. The number of rotatable bonds is 6. The number of piperidine rings is 1. The number of anilines is 1. The van der Waals surface area contributed by atoms with Gasteiger partial charge in [0.25, 0.3) is 0 Å². The first kappa shape index (κ1) is 19.8. The molecule has 0 aliphatic carbocycles. The Labute approximate surface area is 165 Å². The van der Waals surface area contributed by atoms with Gasteiger partial charge in [0.1, 0.15) is 0 Å². The lowest BCUT2D eigenvalue weighted by atomic mass is 9.85. The summed E-state index contributed by atoms with van der Waals surface area (Å²) in [6.45, 7) is 8.26. The highest BCUT2D eigenvalue weighted by atomic mass is 32.2. The molecular formula is C21H28N4OS. The zero-order valence-corrected chi connectivity index (χ0v) is 17.1. The minimum Gasteiger partial charge on any atom is -0.326 e. The van der Waals surface area contributed by atoms with Crippen molar-refractivity contribution in [2.75, 3.05) is 18.4 Å². The summed E-state index contributed by atoms with van der Waals surface area (Å²) in [4.78, 5) is 22.3. The van der Waals surface area contributed by atoms with Crippen LogP contribution in [0.4, 0.5) is 5.69 Å². The van der Waals surface area contributed by atoms with Crippen LogP contribution in [0.25, 0.3) is 0 Å². The molecule has 3 rings (SSSR count). The van der Waals surface area contributed by atoms with Crippen molar-refractivity contribution < 1.29 is 4.79 Å². The van der Waals surface area contributed by atoms with Gasteiger partial charge in [0.15, 0.2) is 5.16 Å². The molecule has 2 unspecified atom stereocenters. The third kappa shape index (κ3) is 6.04. The van der Waals surface area contributed by atoms with Gasteiger partial charge in [0.05, 0.1) is 0 Å². The Kier molecular flexibility index (Phi) is 6.85. The second kappa shape index (κ2) is 9.33. The van der Waals surface area contributed by atoms with Crippen LogP contribution in [0, 0.1) is 25.7 Å². The molecule has 1 aliphatic rings. The predicted octanol–water partition coefficient (Wildman–Crippen LogP) is 4.21. The van der Waals surface area contributed by atoms with Crippen LogP contribution in [-0.4, -0.2) is 29.0 Å². The highest BCUT2D eigenvalue weighted by molar-refractivity contribution is 7.99. The number of hydrogen-bond donors (Lipinski definition) is 2. The molecule has 0 bridgehead atoms. The summed E-state index contributed by atoms with van der Waals surface area (Å²) in [6, 6.07) is 9.84. The van der Waals surface area contributed by atoms with Crippen molar-refractivity contribution in [3.8, 4) is 0 Å². The summed E-state index contributed by atoms with van der Waals surface area (Å²) in [5.74, 6) is 1.08. The summed E-state index contributed by atoms with van der Waals surface area (Å²) in [6.07, 6.45) is 2.99. The second-order valence-corrected chi connectivity index (χ2v) is 8.44. The van der Waals surface area contributed by atoms with Crippen LogP contribution in [0.1, 0.15) is 37.6 Å². The Morgan fingerprint density at radius 2 is 1.96 bits per heavy atom. The first-order chi connectivity index (χ1) is 13.0. The molecule has 1 aromatic heterocycles.